The number of carboxylic acid groups (broad SMARTS) is 1. The van der Waals surface area contributed by atoms with E-state index in [9.17, 15) is 4.79 Å². The van der Waals surface area contributed by atoms with Gasteiger partial charge in [-0.1, -0.05) is 17.7 Å². The van der Waals surface area contributed by atoms with Gasteiger partial charge >= 0.3 is 5.97 Å². The van der Waals surface area contributed by atoms with Crippen LogP contribution in [0.15, 0.2) is 24.3 Å². The molecule has 1 aromatic rings. The normalized spacial score (nSPS) is 10.9. The third kappa shape index (κ3) is 4.41. The summed E-state index contributed by atoms with van der Waals surface area (Å²) in [6, 6.07) is 3.79. The van der Waals surface area contributed by atoms with E-state index < -0.39 is 5.97 Å². The first-order valence-corrected chi connectivity index (χ1v) is 5.22. The topological polar surface area (TPSA) is 49.3 Å². The molecule has 0 saturated heterocycles. The number of halogens is 1. The van der Waals surface area contributed by atoms with Gasteiger partial charge in [-0.25, -0.2) is 4.79 Å². The third-order valence-corrected chi connectivity index (χ3v) is 2.68. The Morgan fingerprint density at radius 1 is 1.64 bits per heavy atom. The lowest BCUT2D eigenvalue weighted by atomic mass is 10.4. The van der Waals surface area contributed by atoms with Crippen LogP contribution in [0.2, 0.25) is 4.34 Å². The average molecular weight is 232 g/mol. The monoisotopic (exact) mass is 231 g/mol. The molecule has 0 atom stereocenters. The summed E-state index contributed by atoms with van der Waals surface area (Å²) in [4.78, 5) is 11.2. The highest BCUT2D eigenvalue weighted by Crippen LogP contribution is 2.20. The van der Waals surface area contributed by atoms with E-state index in [1.807, 2.05) is 12.1 Å². The van der Waals surface area contributed by atoms with Crippen molar-refractivity contribution in [2.24, 2.45) is 0 Å². The Morgan fingerprint density at radius 3 is 3.00 bits per heavy atom. The number of carbonyl (C=O) groups is 1. The van der Waals surface area contributed by atoms with Crippen molar-refractivity contribution in [1.82, 2.24) is 5.32 Å². The Balaban J connectivity index is 2.19. The predicted molar refractivity (Wildman–Crippen MR) is 57.8 cm³/mol. The van der Waals surface area contributed by atoms with Crippen LogP contribution in [-0.4, -0.2) is 17.6 Å². The summed E-state index contributed by atoms with van der Waals surface area (Å²) >= 11 is 7.26. The van der Waals surface area contributed by atoms with Gasteiger partial charge in [0.05, 0.1) is 4.34 Å². The SMILES string of the molecule is O=C(O)/C=C/CNCc1ccc(Cl)s1. The molecule has 0 aromatic carbocycles. The molecule has 0 fully saturated rings. The summed E-state index contributed by atoms with van der Waals surface area (Å²) in [7, 11) is 0. The van der Waals surface area contributed by atoms with Crippen molar-refractivity contribution >= 4 is 28.9 Å². The Bertz CT molecular complexity index is 335. The smallest absolute Gasteiger partial charge is 0.328 e. The van der Waals surface area contributed by atoms with Gasteiger partial charge in [0.2, 0.25) is 0 Å². The van der Waals surface area contributed by atoms with Crippen molar-refractivity contribution in [1.29, 1.82) is 0 Å². The van der Waals surface area contributed by atoms with Gasteiger partial charge in [-0.3, -0.25) is 0 Å². The molecular weight excluding hydrogens is 222 g/mol. The molecule has 1 rings (SSSR count). The van der Waals surface area contributed by atoms with Crippen LogP contribution in [0.3, 0.4) is 0 Å². The number of hydrogen-bond acceptors (Lipinski definition) is 3. The molecule has 14 heavy (non-hydrogen) atoms. The zero-order valence-electron chi connectivity index (χ0n) is 7.37. The van der Waals surface area contributed by atoms with Crippen LogP contribution < -0.4 is 5.32 Å². The fourth-order valence-electron chi connectivity index (χ4n) is 0.885. The van der Waals surface area contributed by atoms with E-state index in [4.69, 9.17) is 16.7 Å². The quantitative estimate of drug-likeness (QED) is 0.603. The second-order valence-electron chi connectivity index (χ2n) is 2.58. The van der Waals surface area contributed by atoms with Crippen LogP contribution in [0.1, 0.15) is 4.88 Å². The van der Waals surface area contributed by atoms with Crippen molar-refractivity contribution in [3.8, 4) is 0 Å². The molecule has 1 heterocycles. The second kappa shape index (κ2) is 5.80. The molecule has 3 nitrogen and oxygen atoms in total. The Labute approximate surface area is 91.0 Å². The highest BCUT2D eigenvalue weighted by molar-refractivity contribution is 7.16. The lowest BCUT2D eigenvalue weighted by Gasteiger charge is -1.96. The van der Waals surface area contributed by atoms with Crippen molar-refractivity contribution in [2.75, 3.05) is 6.54 Å². The molecular formula is C9H10ClNO2S. The Hall–Kier alpha value is -0.840. The van der Waals surface area contributed by atoms with Crippen LogP contribution in [0, 0.1) is 0 Å². The minimum absolute atomic E-state index is 0.543. The van der Waals surface area contributed by atoms with Crippen molar-refractivity contribution in [3.05, 3.63) is 33.5 Å². The van der Waals surface area contributed by atoms with Crippen molar-refractivity contribution < 1.29 is 9.90 Å². The first-order chi connectivity index (χ1) is 6.68. The maximum Gasteiger partial charge on any atom is 0.328 e. The van der Waals surface area contributed by atoms with Crippen molar-refractivity contribution in [2.45, 2.75) is 6.54 Å². The van der Waals surface area contributed by atoms with E-state index >= 15 is 0 Å². The zero-order valence-corrected chi connectivity index (χ0v) is 8.94. The summed E-state index contributed by atoms with van der Waals surface area (Å²) in [5.41, 5.74) is 0. The summed E-state index contributed by atoms with van der Waals surface area (Å²) in [5.74, 6) is -0.925. The van der Waals surface area contributed by atoms with Gasteiger partial charge in [0.1, 0.15) is 0 Å². The largest absolute Gasteiger partial charge is 0.478 e. The first-order valence-electron chi connectivity index (χ1n) is 4.03. The minimum atomic E-state index is -0.925. The molecule has 0 unspecified atom stereocenters. The highest BCUT2D eigenvalue weighted by atomic mass is 35.5. The lowest BCUT2D eigenvalue weighted by molar-refractivity contribution is -0.131. The molecule has 0 aliphatic heterocycles. The van der Waals surface area contributed by atoms with Gasteiger partial charge in [0.15, 0.2) is 0 Å². The van der Waals surface area contributed by atoms with Crippen LogP contribution in [0.25, 0.3) is 0 Å². The van der Waals surface area contributed by atoms with Gasteiger partial charge in [0.25, 0.3) is 0 Å². The predicted octanol–water partition coefficient (Wildman–Crippen LogP) is 2.13. The van der Waals surface area contributed by atoms with Gasteiger partial charge in [0, 0.05) is 24.0 Å². The number of carboxylic acids is 1. The summed E-state index contributed by atoms with van der Waals surface area (Å²) in [5, 5.41) is 11.4. The number of hydrogen-bond donors (Lipinski definition) is 2. The van der Waals surface area contributed by atoms with E-state index in [1.54, 1.807) is 6.08 Å². The van der Waals surface area contributed by atoms with Gasteiger partial charge in [-0.15, -0.1) is 11.3 Å². The molecule has 1 aromatic heterocycles. The van der Waals surface area contributed by atoms with Gasteiger partial charge in [-0.2, -0.15) is 0 Å². The number of aliphatic carboxylic acids is 1. The first kappa shape index (κ1) is 11.2. The third-order valence-electron chi connectivity index (χ3n) is 1.45. The Morgan fingerprint density at radius 2 is 2.43 bits per heavy atom. The summed E-state index contributed by atoms with van der Waals surface area (Å²) in [6.07, 6.45) is 2.69. The lowest BCUT2D eigenvalue weighted by Crippen LogP contribution is -2.12. The van der Waals surface area contributed by atoms with E-state index in [-0.39, 0.29) is 0 Å². The molecule has 76 valence electrons. The number of thiophene rings is 1. The molecule has 0 spiro atoms. The molecule has 0 aliphatic carbocycles. The van der Waals surface area contributed by atoms with E-state index in [1.165, 1.54) is 11.3 Å². The van der Waals surface area contributed by atoms with Crippen LogP contribution in [0.4, 0.5) is 0 Å². The summed E-state index contributed by atoms with van der Waals surface area (Å²) in [6.45, 7) is 1.25. The number of nitrogens with one attached hydrogen (secondary N) is 1. The van der Waals surface area contributed by atoms with Gasteiger partial charge < -0.3 is 10.4 Å². The zero-order chi connectivity index (χ0) is 10.4. The van der Waals surface area contributed by atoms with E-state index in [0.717, 1.165) is 15.3 Å². The van der Waals surface area contributed by atoms with Crippen LogP contribution in [-0.2, 0) is 11.3 Å². The van der Waals surface area contributed by atoms with E-state index in [0.29, 0.717) is 13.1 Å². The van der Waals surface area contributed by atoms with Crippen LogP contribution in [0.5, 0.6) is 0 Å². The molecule has 0 aliphatic rings. The summed E-state index contributed by atoms with van der Waals surface area (Å²) < 4.78 is 0.767. The molecule has 2 N–H and O–H groups in total. The minimum Gasteiger partial charge on any atom is -0.478 e. The molecule has 0 radical (unpaired) electrons. The molecule has 0 amide bonds. The standard InChI is InChI=1S/C9H10ClNO2S/c10-8-4-3-7(14-8)6-11-5-1-2-9(12)13/h1-4,11H,5-6H2,(H,12,13)/b2-1+. The molecule has 0 bridgehead atoms. The van der Waals surface area contributed by atoms with Crippen LogP contribution >= 0.6 is 22.9 Å². The Kier molecular flexibility index (Phi) is 4.65. The highest BCUT2D eigenvalue weighted by Gasteiger charge is 1.95. The second-order valence-corrected chi connectivity index (χ2v) is 4.38. The average Bonchev–Trinajstić information content (AvgIpc) is 2.50. The molecule has 0 saturated carbocycles. The fraction of sp³-hybridized carbons (Fsp3) is 0.222. The molecule has 5 heteroatoms. The maximum absolute atomic E-state index is 10.1. The van der Waals surface area contributed by atoms with E-state index in [2.05, 4.69) is 5.32 Å². The fourth-order valence-corrected chi connectivity index (χ4v) is 1.94. The van der Waals surface area contributed by atoms with Crippen molar-refractivity contribution in [3.63, 3.8) is 0 Å². The maximum atomic E-state index is 10.1. The van der Waals surface area contributed by atoms with Gasteiger partial charge in [-0.05, 0) is 12.1 Å². The number of rotatable bonds is 5.